The van der Waals surface area contributed by atoms with Gasteiger partial charge in [0.05, 0.1) is 0 Å². The third-order valence-corrected chi connectivity index (χ3v) is 4.97. The second-order valence-electron chi connectivity index (χ2n) is 7.84. The van der Waals surface area contributed by atoms with Gasteiger partial charge < -0.3 is 11.5 Å². The third-order valence-electron chi connectivity index (χ3n) is 4.97. The minimum Gasteiger partial charge on any atom is -0.350 e. The molecule has 0 heterocycles. The Kier molecular flexibility index (Phi) is 18.7. The number of carbonyl (C=O) groups is 2. The van der Waals surface area contributed by atoms with E-state index in [1.165, 1.54) is 38.5 Å². The van der Waals surface area contributed by atoms with Gasteiger partial charge in [-0.05, 0) is 51.4 Å². The molecule has 174 valence electrons. The Bertz CT molecular complexity index is 474. The molecule has 8 heteroatoms. The minimum absolute atomic E-state index is 0.605. The molecule has 0 aromatic carbocycles. The lowest BCUT2D eigenvalue weighted by Crippen LogP contribution is -2.25. The molecule has 4 amide bonds. The number of hydrogen-bond acceptors (Lipinski definition) is 4. The van der Waals surface area contributed by atoms with Gasteiger partial charge in [0, 0.05) is 11.4 Å². The summed E-state index contributed by atoms with van der Waals surface area (Å²) in [5.41, 5.74) is 17.0. The maximum Gasteiger partial charge on any atom is 0.332 e. The molecular formula is C22H44N6O2. The van der Waals surface area contributed by atoms with Gasteiger partial charge in [-0.3, -0.25) is 0 Å². The lowest BCUT2D eigenvalue weighted by Gasteiger charge is -2.08. The number of unbranched alkanes of at least 4 members (excludes halogenated alkanes) is 9. The van der Waals surface area contributed by atoms with Crippen LogP contribution >= 0.6 is 0 Å². The number of primary amides is 2. The van der Waals surface area contributed by atoms with Gasteiger partial charge in [-0.2, -0.15) is 10.2 Å². The lowest BCUT2D eigenvalue weighted by molar-refractivity contribution is 0.248. The average molecular weight is 425 g/mol. The second kappa shape index (κ2) is 20.2. The van der Waals surface area contributed by atoms with Crippen molar-refractivity contribution in [1.82, 2.24) is 10.9 Å². The van der Waals surface area contributed by atoms with Crippen LogP contribution in [0.15, 0.2) is 10.2 Å². The summed E-state index contributed by atoms with van der Waals surface area (Å²) >= 11 is 0. The van der Waals surface area contributed by atoms with Crippen LogP contribution in [-0.4, -0.2) is 23.5 Å². The molecular weight excluding hydrogens is 380 g/mol. The second-order valence-corrected chi connectivity index (χ2v) is 7.84. The van der Waals surface area contributed by atoms with E-state index in [0.717, 1.165) is 75.6 Å². The monoisotopic (exact) mass is 424 g/mol. The molecule has 8 nitrogen and oxygen atoms in total. The van der Waals surface area contributed by atoms with Crippen molar-refractivity contribution in [3.63, 3.8) is 0 Å². The first-order chi connectivity index (χ1) is 14.5. The maximum atomic E-state index is 10.9. The summed E-state index contributed by atoms with van der Waals surface area (Å²) in [6.45, 7) is 4.35. The Labute approximate surface area is 182 Å². The highest BCUT2D eigenvalue weighted by molar-refractivity contribution is 5.86. The molecule has 0 bridgehead atoms. The van der Waals surface area contributed by atoms with Crippen molar-refractivity contribution >= 4 is 23.5 Å². The number of nitrogens with zero attached hydrogens (tertiary/aromatic N) is 2. The van der Waals surface area contributed by atoms with Crippen LogP contribution in [0.3, 0.4) is 0 Å². The van der Waals surface area contributed by atoms with E-state index in [-0.39, 0.29) is 0 Å². The van der Waals surface area contributed by atoms with Crippen LogP contribution in [0.2, 0.25) is 0 Å². The molecule has 0 saturated carbocycles. The smallest absolute Gasteiger partial charge is 0.332 e. The Morgan fingerprint density at radius 2 is 0.867 bits per heavy atom. The first kappa shape index (κ1) is 27.9. The number of nitrogens with one attached hydrogen (secondary N) is 2. The van der Waals surface area contributed by atoms with E-state index < -0.39 is 12.1 Å². The summed E-state index contributed by atoms with van der Waals surface area (Å²) in [6, 6.07) is -1.21. The molecule has 0 fully saturated rings. The number of nitrogens with two attached hydrogens (primary N) is 2. The van der Waals surface area contributed by atoms with E-state index >= 15 is 0 Å². The topological polar surface area (TPSA) is 135 Å². The largest absolute Gasteiger partial charge is 0.350 e. The predicted octanol–water partition coefficient (Wildman–Crippen LogP) is 5.32. The quantitative estimate of drug-likeness (QED) is 0.127. The highest BCUT2D eigenvalue weighted by Gasteiger charge is 2.03. The summed E-state index contributed by atoms with van der Waals surface area (Å²) in [6.07, 6.45) is 17.4. The Morgan fingerprint density at radius 3 is 1.17 bits per heavy atom. The number of hydrogen-bond donors (Lipinski definition) is 4. The fraction of sp³-hybridized carbons (Fsp3) is 0.818. The van der Waals surface area contributed by atoms with Crippen molar-refractivity contribution in [3.05, 3.63) is 0 Å². The van der Waals surface area contributed by atoms with Crippen molar-refractivity contribution in [2.24, 2.45) is 21.7 Å². The molecule has 0 rings (SSSR count). The molecule has 0 aromatic heterocycles. The van der Waals surface area contributed by atoms with E-state index in [4.69, 9.17) is 11.5 Å². The summed E-state index contributed by atoms with van der Waals surface area (Å²) in [7, 11) is 0. The van der Waals surface area contributed by atoms with Crippen molar-refractivity contribution in [1.29, 1.82) is 0 Å². The molecule has 0 radical (unpaired) electrons. The molecule has 0 spiro atoms. The molecule has 6 N–H and O–H groups in total. The van der Waals surface area contributed by atoms with Gasteiger partial charge >= 0.3 is 12.1 Å². The van der Waals surface area contributed by atoms with Crippen LogP contribution in [-0.2, 0) is 0 Å². The van der Waals surface area contributed by atoms with E-state index in [1.54, 1.807) is 0 Å². The average Bonchev–Trinajstić information content (AvgIpc) is 2.71. The van der Waals surface area contributed by atoms with E-state index in [2.05, 4.69) is 34.9 Å². The highest BCUT2D eigenvalue weighted by atomic mass is 16.2. The van der Waals surface area contributed by atoms with E-state index in [9.17, 15) is 9.59 Å². The fourth-order valence-electron chi connectivity index (χ4n) is 3.27. The summed E-state index contributed by atoms with van der Waals surface area (Å²) in [4.78, 5) is 21.7. The van der Waals surface area contributed by atoms with E-state index in [0.29, 0.717) is 0 Å². The first-order valence-corrected chi connectivity index (χ1v) is 11.7. The molecule has 0 aromatic rings. The van der Waals surface area contributed by atoms with Crippen molar-refractivity contribution in [3.8, 4) is 0 Å². The lowest BCUT2D eigenvalue weighted by atomic mass is 10.0. The SMILES string of the molecule is CCCCC/C(CCCCCCCC/C(CCCCC)=N/NC(N)=O)=N/NC(N)=O. The first-order valence-electron chi connectivity index (χ1n) is 11.7. The summed E-state index contributed by atoms with van der Waals surface area (Å²) in [5, 5.41) is 8.32. The molecule has 0 aliphatic heterocycles. The molecule has 0 saturated heterocycles. The molecule has 0 unspecified atom stereocenters. The van der Waals surface area contributed by atoms with Crippen molar-refractivity contribution in [2.75, 3.05) is 0 Å². The van der Waals surface area contributed by atoms with Crippen LogP contribution in [0.5, 0.6) is 0 Å². The van der Waals surface area contributed by atoms with E-state index in [1.807, 2.05) is 0 Å². The van der Waals surface area contributed by atoms with Crippen LogP contribution in [0.4, 0.5) is 9.59 Å². The van der Waals surface area contributed by atoms with Crippen LogP contribution in [0, 0.1) is 0 Å². The third kappa shape index (κ3) is 19.2. The van der Waals surface area contributed by atoms with Gasteiger partial charge in [0.1, 0.15) is 0 Å². The number of urea groups is 2. The van der Waals surface area contributed by atoms with Crippen molar-refractivity contribution < 1.29 is 9.59 Å². The number of rotatable bonds is 19. The van der Waals surface area contributed by atoms with Gasteiger partial charge in [-0.1, -0.05) is 65.2 Å². The van der Waals surface area contributed by atoms with Crippen LogP contribution in [0.1, 0.15) is 117 Å². The summed E-state index contributed by atoms with van der Waals surface area (Å²) < 4.78 is 0. The van der Waals surface area contributed by atoms with Gasteiger partial charge in [0.2, 0.25) is 0 Å². The number of amides is 4. The Morgan fingerprint density at radius 1 is 0.567 bits per heavy atom. The Balaban J connectivity index is 4.01. The zero-order chi connectivity index (χ0) is 22.5. The normalized spacial score (nSPS) is 12.1. The van der Waals surface area contributed by atoms with Gasteiger partial charge in [0.25, 0.3) is 0 Å². The molecule has 0 aliphatic carbocycles. The molecule has 0 atom stereocenters. The van der Waals surface area contributed by atoms with Gasteiger partial charge in [-0.25, -0.2) is 20.4 Å². The Hall–Kier alpha value is -2.12. The summed E-state index contributed by atoms with van der Waals surface area (Å²) in [5.74, 6) is 0. The molecule has 30 heavy (non-hydrogen) atoms. The van der Waals surface area contributed by atoms with Crippen LogP contribution < -0.4 is 22.3 Å². The zero-order valence-electron chi connectivity index (χ0n) is 19.2. The number of hydrazone groups is 2. The minimum atomic E-state index is -0.605. The fourth-order valence-corrected chi connectivity index (χ4v) is 3.27. The predicted molar refractivity (Wildman–Crippen MR) is 126 cm³/mol. The van der Waals surface area contributed by atoms with Gasteiger partial charge in [-0.15, -0.1) is 0 Å². The zero-order valence-corrected chi connectivity index (χ0v) is 19.2. The molecule has 0 aliphatic rings. The van der Waals surface area contributed by atoms with Gasteiger partial charge in [0.15, 0.2) is 0 Å². The number of carbonyl (C=O) groups excluding carboxylic acids is 2. The highest BCUT2D eigenvalue weighted by Crippen LogP contribution is 2.13. The standard InChI is InChI=1S/C22H44N6O2/c1-3-5-11-15-19(25-27-21(23)29)17-13-9-7-8-10-14-18-20(16-12-6-4-2)26-28-22(24)30/h3-18H2,1-2H3,(H3,23,27,29)(H3,24,28,30)/b25-19-,26-20+. The van der Waals surface area contributed by atoms with Crippen LogP contribution in [0.25, 0.3) is 0 Å². The van der Waals surface area contributed by atoms with Crippen molar-refractivity contribution in [2.45, 2.75) is 117 Å². The maximum absolute atomic E-state index is 10.9.